The molecule has 1 unspecified atom stereocenters. The van der Waals surface area contributed by atoms with E-state index in [0.717, 1.165) is 25.1 Å². The third kappa shape index (κ3) is 4.37. The highest BCUT2D eigenvalue weighted by atomic mass is 19.5. The molecule has 5 rings (SSSR count). The highest BCUT2D eigenvalue weighted by Crippen LogP contribution is 2.35. The molecule has 1 aliphatic heterocycles. The number of benzene rings is 2. The van der Waals surface area contributed by atoms with Crippen molar-refractivity contribution in [2.45, 2.75) is 51.9 Å². The van der Waals surface area contributed by atoms with Gasteiger partial charge in [-0.3, -0.25) is 0 Å². The Kier molecular flexibility index (Phi) is 5.88. The van der Waals surface area contributed by atoms with Gasteiger partial charge in [0.2, 0.25) is 6.33 Å². The molecule has 2 atom stereocenters. The average molecular weight is 433 g/mol. The number of nitrogens with zero attached hydrogens (tertiary/aromatic N) is 3. The van der Waals surface area contributed by atoms with E-state index in [-0.39, 0.29) is 12.1 Å². The molecule has 2 heterocycles. The zero-order chi connectivity index (χ0) is 22.2. The van der Waals surface area contributed by atoms with Crippen LogP contribution in [0, 0.1) is 0 Å². The highest BCUT2D eigenvalue weighted by molar-refractivity contribution is 6.50. The Balaban J connectivity index is 0.000000418. The van der Waals surface area contributed by atoms with Crippen molar-refractivity contribution in [2.24, 2.45) is 0 Å². The van der Waals surface area contributed by atoms with Gasteiger partial charge in [-0.15, -0.1) is 0 Å². The minimum Gasteiger partial charge on any atom is -0.418 e. The lowest BCUT2D eigenvalue weighted by atomic mass is 10.0. The predicted molar refractivity (Wildman–Crippen MR) is 110 cm³/mol. The highest BCUT2D eigenvalue weighted by Gasteiger charge is 2.43. The summed E-state index contributed by atoms with van der Waals surface area (Å²) in [5, 5.41) is 4.93. The standard InChI is InChI=1S/C22H24N3O.BF4/c1-3-15-9-7-10-16(4-2)21(15)25-14-24-20(23-25)13-26-19-12-17-8-5-6-11-18(17)22(19)24;2-1(3,4)5/h5-11,14,19,22H,3-4,12-13H2,1-2H3;/q+1;-1/t19-,22?;/m1./s1. The smallest absolute Gasteiger partial charge is 0.418 e. The van der Waals surface area contributed by atoms with Gasteiger partial charge in [-0.05, 0) is 35.1 Å². The minimum absolute atomic E-state index is 0.217. The van der Waals surface area contributed by atoms with Crippen LogP contribution in [0.2, 0.25) is 0 Å². The fourth-order valence-corrected chi connectivity index (χ4v) is 4.54. The number of rotatable bonds is 3. The third-order valence-electron chi connectivity index (χ3n) is 5.82. The Morgan fingerprint density at radius 2 is 1.68 bits per heavy atom. The molecule has 0 N–H and O–H groups in total. The van der Waals surface area contributed by atoms with Gasteiger partial charge in [0, 0.05) is 11.5 Å². The first-order chi connectivity index (χ1) is 14.8. The lowest BCUT2D eigenvalue weighted by Crippen LogP contribution is -2.51. The summed E-state index contributed by atoms with van der Waals surface area (Å²) in [7, 11) is -6.00. The Morgan fingerprint density at radius 1 is 1.03 bits per heavy atom. The summed E-state index contributed by atoms with van der Waals surface area (Å²) in [5.74, 6) is 1.01. The Hall–Kier alpha value is -2.68. The Labute approximate surface area is 178 Å². The molecule has 1 aromatic heterocycles. The van der Waals surface area contributed by atoms with E-state index >= 15 is 0 Å². The number of ether oxygens (including phenoxy) is 1. The van der Waals surface area contributed by atoms with Crippen molar-refractivity contribution in [3.63, 3.8) is 0 Å². The van der Waals surface area contributed by atoms with Gasteiger partial charge in [0.1, 0.15) is 24.4 Å². The second kappa shape index (κ2) is 8.46. The van der Waals surface area contributed by atoms with E-state index in [1.807, 2.05) is 0 Å². The fraction of sp³-hybridized carbons (Fsp3) is 0.364. The number of hydrogen-bond donors (Lipinski definition) is 0. The maximum absolute atomic E-state index is 9.75. The van der Waals surface area contributed by atoms with E-state index in [9.17, 15) is 17.3 Å². The number of para-hydroxylation sites is 1. The topological polar surface area (TPSA) is 30.9 Å². The van der Waals surface area contributed by atoms with Crippen LogP contribution >= 0.6 is 0 Å². The summed E-state index contributed by atoms with van der Waals surface area (Å²) in [6.45, 7) is 5.00. The molecule has 4 nitrogen and oxygen atoms in total. The number of aromatic nitrogens is 3. The van der Waals surface area contributed by atoms with Crippen molar-refractivity contribution in [2.75, 3.05) is 0 Å². The first-order valence-electron chi connectivity index (χ1n) is 10.5. The van der Waals surface area contributed by atoms with Crippen molar-refractivity contribution in [1.82, 2.24) is 9.78 Å². The SMILES string of the molecule is CCc1cccc(CC)c1-n1c[n+]2c(n1)CO[C@@H]1Cc3ccccc3C12.F[B-](F)(F)F. The Bertz CT molecular complexity index is 1050. The van der Waals surface area contributed by atoms with E-state index in [1.54, 1.807) is 0 Å². The van der Waals surface area contributed by atoms with Crippen molar-refractivity contribution in [1.29, 1.82) is 0 Å². The molecular weight excluding hydrogens is 409 g/mol. The first kappa shape index (κ1) is 21.6. The van der Waals surface area contributed by atoms with Gasteiger partial charge in [0.05, 0.1) is 0 Å². The van der Waals surface area contributed by atoms with Gasteiger partial charge >= 0.3 is 13.1 Å². The summed E-state index contributed by atoms with van der Waals surface area (Å²) in [4.78, 5) is 0. The molecule has 9 heteroatoms. The van der Waals surface area contributed by atoms with E-state index in [2.05, 4.69) is 71.9 Å². The summed E-state index contributed by atoms with van der Waals surface area (Å²) in [6.07, 6.45) is 5.40. The zero-order valence-corrected chi connectivity index (χ0v) is 17.4. The monoisotopic (exact) mass is 433 g/mol. The predicted octanol–water partition coefficient (Wildman–Crippen LogP) is 4.63. The van der Waals surface area contributed by atoms with Crippen molar-refractivity contribution in [3.8, 4) is 5.69 Å². The van der Waals surface area contributed by atoms with Crippen LogP contribution in [0.25, 0.3) is 5.69 Å². The molecule has 0 saturated carbocycles. The van der Waals surface area contributed by atoms with Crippen LogP contribution in [0.5, 0.6) is 0 Å². The van der Waals surface area contributed by atoms with Crippen LogP contribution < -0.4 is 4.57 Å². The largest absolute Gasteiger partial charge is 0.673 e. The lowest BCUT2D eigenvalue weighted by molar-refractivity contribution is -0.739. The molecule has 0 saturated heterocycles. The van der Waals surface area contributed by atoms with E-state index < -0.39 is 7.25 Å². The first-order valence-corrected chi connectivity index (χ1v) is 10.5. The van der Waals surface area contributed by atoms with Gasteiger partial charge in [-0.1, -0.05) is 61.0 Å². The van der Waals surface area contributed by atoms with Crippen LogP contribution in [0.1, 0.15) is 48.0 Å². The second-order valence-electron chi connectivity index (χ2n) is 7.71. The number of aryl methyl sites for hydroxylation is 2. The quantitative estimate of drug-likeness (QED) is 0.343. The summed E-state index contributed by atoms with van der Waals surface area (Å²) in [6, 6.07) is 15.5. The maximum atomic E-state index is 9.75. The molecule has 1 aliphatic carbocycles. The molecule has 3 aromatic rings. The molecule has 0 fully saturated rings. The maximum Gasteiger partial charge on any atom is 0.673 e. The Morgan fingerprint density at radius 3 is 2.32 bits per heavy atom. The molecule has 0 radical (unpaired) electrons. The number of halogens is 4. The van der Waals surface area contributed by atoms with Gasteiger partial charge in [0.25, 0.3) is 0 Å². The minimum atomic E-state index is -6.00. The van der Waals surface area contributed by atoms with Gasteiger partial charge in [-0.25, -0.2) is 4.57 Å². The molecule has 2 aliphatic rings. The van der Waals surface area contributed by atoms with Gasteiger partial charge < -0.3 is 22.0 Å². The van der Waals surface area contributed by atoms with E-state index in [4.69, 9.17) is 9.84 Å². The van der Waals surface area contributed by atoms with Crippen LogP contribution in [0.3, 0.4) is 0 Å². The van der Waals surface area contributed by atoms with Gasteiger partial charge in [-0.2, -0.15) is 0 Å². The van der Waals surface area contributed by atoms with E-state index in [0.29, 0.717) is 6.61 Å². The molecule has 0 amide bonds. The lowest BCUT2D eigenvalue weighted by Gasteiger charge is -2.23. The fourth-order valence-electron chi connectivity index (χ4n) is 4.54. The van der Waals surface area contributed by atoms with Gasteiger partial charge in [0.15, 0.2) is 0 Å². The van der Waals surface area contributed by atoms with Crippen LogP contribution in [0.15, 0.2) is 48.8 Å². The van der Waals surface area contributed by atoms with Crippen LogP contribution in [-0.2, 0) is 30.6 Å². The third-order valence-corrected chi connectivity index (χ3v) is 5.82. The molecule has 31 heavy (non-hydrogen) atoms. The molecular formula is C22H24BF4N3O. The normalized spacial score (nSPS) is 19.2. The number of hydrogen-bond acceptors (Lipinski definition) is 2. The van der Waals surface area contributed by atoms with E-state index in [1.165, 1.54) is 27.9 Å². The summed E-state index contributed by atoms with van der Waals surface area (Å²) >= 11 is 0. The van der Waals surface area contributed by atoms with Crippen LogP contribution in [-0.4, -0.2) is 23.1 Å². The van der Waals surface area contributed by atoms with Crippen molar-refractivity contribution in [3.05, 3.63) is 76.9 Å². The van der Waals surface area contributed by atoms with Crippen molar-refractivity contribution >= 4 is 7.25 Å². The summed E-state index contributed by atoms with van der Waals surface area (Å²) < 4.78 is 49.6. The second-order valence-corrected chi connectivity index (χ2v) is 7.71. The molecule has 164 valence electrons. The number of fused-ring (bicyclic) bond motifs is 5. The molecule has 0 spiro atoms. The average Bonchev–Trinajstić information content (AvgIpc) is 3.32. The van der Waals surface area contributed by atoms with Crippen molar-refractivity contribution < 1.29 is 26.6 Å². The molecule has 2 aromatic carbocycles. The molecule has 0 bridgehead atoms. The zero-order valence-electron chi connectivity index (χ0n) is 17.4. The van der Waals surface area contributed by atoms with Crippen LogP contribution in [0.4, 0.5) is 17.3 Å². The summed E-state index contributed by atoms with van der Waals surface area (Å²) in [5.41, 5.74) is 6.70.